The number of hydrogen-bond acceptors (Lipinski definition) is 6. The molecular weight excluding hydrogens is 621 g/mol. The molecule has 0 aliphatic rings. The number of para-hydroxylation sites is 1. The van der Waals surface area contributed by atoms with E-state index < -0.39 is 45.8 Å². The molecule has 0 heterocycles. The molecule has 248 valence electrons. The molecule has 0 radical (unpaired) electrons. The lowest BCUT2D eigenvalue weighted by molar-refractivity contribution is -0.140. The van der Waals surface area contributed by atoms with E-state index in [1.54, 1.807) is 30.3 Å². The first-order chi connectivity index (χ1) is 22.3. The second kappa shape index (κ2) is 15.1. The van der Waals surface area contributed by atoms with Crippen LogP contribution in [0.2, 0.25) is 0 Å². The smallest absolute Gasteiger partial charge is 0.264 e. The molecule has 9 nitrogen and oxygen atoms in total. The fourth-order valence-corrected chi connectivity index (χ4v) is 6.45. The summed E-state index contributed by atoms with van der Waals surface area (Å²) in [5.41, 5.74) is 0.992. The van der Waals surface area contributed by atoms with Crippen LogP contribution in [0.4, 0.5) is 10.1 Å². The molecule has 0 aromatic heterocycles. The molecule has 0 spiro atoms. The zero-order chi connectivity index (χ0) is 34.2. The van der Waals surface area contributed by atoms with Gasteiger partial charge in [0.2, 0.25) is 11.8 Å². The lowest BCUT2D eigenvalue weighted by atomic mass is 10.0. The van der Waals surface area contributed by atoms with Crippen LogP contribution in [0.15, 0.2) is 108 Å². The van der Waals surface area contributed by atoms with Crippen LogP contribution in [0.5, 0.6) is 11.5 Å². The number of halogens is 1. The molecule has 47 heavy (non-hydrogen) atoms. The monoisotopic (exact) mass is 661 g/mol. The summed E-state index contributed by atoms with van der Waals surface area (Å²) in [4.78, 5) is 29.7. The number of carbonyl (C=O) groups excluding carboxylic acids is 2. The van der Waals surface area contributed by atoms with E-state index in [1.807, 2.05) is 51.1 Å². The maximum Gasteiger partial charge on any atom is 0.264 e. The number of amides is 2. The molecule has 1 unspecified atom stereocenters. The van der Waals surface area contributed by atoms with Gasteiger partial charge in [0.1, 0.15) is 18.4 Å². The van der Waals surface area contributed by atoms with Crippen molar-refractivity contribution in [3.63, 3.8) is 0 Å². The summed E-state index contributed by atoms with van der Waals surface area (Å²) in [6.45, 7) is 4.81. The van der Waals surface area contributed by atoms with E-state index in [0.29, 0.717) is 11.3 Å². The summed E-state index contributed by atoms with van der Waals surface area (Å²) < 4.78 is 54.1. The van der Waals surface area contributed by atoms with E-state index >= 15 is 0 Å². The highest BCUT2D eigenvalue weighted by atomic mass is 32.2. The number of nitrogens with zero attached hydrogens (tertiary/aromatic N) is 2. The Morgan fingerprint density at radius 2 is 1.40 bits per heavy atom. The number of sulfonamides is 1. The van der Waals surface area contributed by atoms with Crippen molar-refractivity contribution in [2.45, 2.75) is 50.2 Å². The third kappa shape index (κ3) is 9.10. The average molecular weight is 662 g/mol. The van der Waals surface area contributed by atoms with Gasteiger partial charge in [0.15, 0.2) is 11.5 Å². The van der Waals surface area contributed by atoms with Crippen LogP contribution in [-0.4, -0.2) is 57.5 Å². The summed E-state index contributed by atoms with van der Waals surface area (Å²) in [7, 11) is -1.51. The van der Waals surface area contributed by atoms with Crippen molar-refractivity contribution < 1.29 is 31.9 Å². The molecular formula is C36H40FN3O6S. The minimum Gasteiger partial charge on any atom is -0.493 e. The molecule has 0 saturated heterocycles. The van der Waals surface area contributed by atoms with Crippen molar-refractivity contribution in [2.75, 3.05) is 25.1 Å². The molecule has 1 N–H and O–H groups in total. The largest absolute Gasteiger partial charge is 0.493 e. The molecule has 4 rings (SSSR count). The van der Waals surface area contributed by atoms with Crippen LogP contribution in [0.25, 0.3) is 0 Å². The summed E-state index contributed by atoms with van der Waals surface area (Å²) >= 11 is 0. The number of ether oxygens (including phenoxy) is 2. The first-order valence-corrected chi connectivity index (χ1v) is 16.5. The third-order valence-electron chi connectivity index (χ3n) is 7.30. The Morgan fingerprint density at radius 1 is 0.809 bits per heavy atom. The van der Waals surface area contributed by atoms with E-state index in [-0.39, 0.29) is 29.3 Å². The predicted molar refractivity (Wildman–Crippen MR) is 179 cm³/mol. The molecule has 0 aliphatic heterocycles. The number of anilines is 1. The Hall–Kier alpha value is -4.90. The van der Waals surface area contributed by atoms with Crippen molar-refractivity contribution in [2.24, 2.45) is 0 Å². The van der Waals surface area contributed by atoms with Gasteiger partial charge in [0, 0.05) is 24.6 Å². The van der Waals surface area contributed by atoms with Gasteiger partial charge in [-0.3, -0.25) is 13.9 Å². The minimum atomic E-state index is -4.35. The van der Waals surface area contributed by atoms with Crippen LogP contribution in [0.3, 0.4) is 0 Å². The Bertz CT molecular complexity index is 1760. The maximum absolute atomic E-state index is 14.5. The second-order valence-electron chi connectivity index (χ2n) is 12.0. The van der Waals surface area contributed by atoms with Gasteiger partial charge in [-0.15, -0.1) is 0 Å². The van der Waals surface area contributed by atoms with E-state index in [0.717, 1.165) is 9.87 Å². The first kappa shape index (κ1) is 35.0. The molecule has 1 atom stereocenters. The molecule has 4 aromatic carbocycles. The van der Waals surface area contributed by atoms with Gasteiger partial charge in [-0.25, -0.2) is 12.8 Å². The Kier molecular flexibility index (Phi) is 11.3. The molecule has 0 saturated carbocycles. The molecule has 2 amide bonds. The number of carbonyl (C=O) groups is 2. The van der Waals surface area contributed by atoms with E-state index in [4.69, 9.17) is 9.47 Å². The van der Waals surface area contributed by atoms with Gasteiger partial charge < -0.3 is 19.7 Å². The van der Waals surface area contributed by atoms with Crippen LogP contribution in [0, 0.1) is 5.82 Å². The standard InChI is InChI=1S/C36H40FN3O6S/c1-36(2,3)38-35(42)31(22-26-12-8-6-9-13-26)39(24-27-16-18-28(37)19-17-27)34(41)25-40(29-14-10-7-11-15-29)47(43,44)30-20-21-32(45-4)33(23-30)46-5/h6-21,23,31H,22,24-25H2,1-5H3,(H,38,42). The molecule has 0 bridgehead atoms. The van der Waals surface area contributed by atoms with Crippen LogP contribution < -0.4 is 19.1 Å². The number of nitrogens with one attached hydrogen (secondary N) is 1. The summed E-state index contributed by atoms with van der Waals surface area (Å²) in [5, 5.41) is 2.98. The number of rotatable bonds is 13. The van der Waals surface area contributed by atoms with Gasteiger partial charge in [-0.05, 0) is 68.3 Å². The average Bonchev–Trinajstić information content (AvgIpc) is 3.05. The molecule has 0 aliphatic carbocycles. The van der Waals surface area contributed by atoms with Crippen molar-refractivity contribution in [3.05, 3.63) is 120 Å². The summed E-state index contributed by atoms with van der Waals surface area (Å²) in [6, 6.07) is 26.3. The van der Waals surface area contributed by atoms with Crippen molar-refractivity contribution >= 4 is 27.5 Å². The highest BCUT2D eigenvalue weighted by Crippen LogP contribution is 2.32. The first-order valence-electron chi connectivity index (χ1n) is 15.0. The van der Waals surface area contributed by atoms with Gasteiger partial charge in [0.05, 0.1) is 24.8 Å². The van der Waals surface area contributed by atoms with Crippen molar-refractivity contribution in [1.82, 2.24) is 10.2 Å². The van der Waals surface area contributed by atoms with Crippen molar-refractivity contribution in [3.8, 4) is 11.5 Å². The second-order valence-corrected chi connectivity index (χ2v) is 13.8. The molecule has 11 heteroatoms. The van der Waals surface area contributed by atoms with Crippen LogP contribution in [0.1, 0.15) is 31.9 Å². The maximum atomic E-state index is 14.5. The topological polar surface area (TPSA) is 105 Å². The van der Waals surface area contributed by atoms with E-state index in [9.17, 15) is 22.4 Å². The van der Waals surface area contributed by atoms with Gasteiger partial charge in [-0.2, -0.15) is 0 Å². The lowest BCUT2D eigenvalue weighted by Crippen LogP contribution is -2.56. The summed E-state index contributed by atoms with van der Waals surface area (Å²) in [5.74, 6) is -0.951. The quantitative estimate of drug-likeness (QED) is 0.200. The Balaban J connectivity index is 1.82. The Labute approximate surface area is 276 Å². The van der Waals surface area contributed by atoms with E-state index in [2.05, 4.69) is 5.32 Å². The number of methoxy groups -OCH3 is 2. The number of benzene rings is 4. The third-order valence-corrected chi connectivity index (χ3v) is 9.07. The molecule has 0 fully saturated rings. The van der Waals surface area contributed by atoms with Crippen molar-refractivity contribution in [1.29, 1.82) is 0 Å². The minimum absolute atomic E-state index is 0.0762. The SMILES string of the molecule is COc1ccc(S(=O)(=O)N(CC(=O)N(Cc2ccc(F)cc2)C(Cc2ccccc2)C(=O)NC(C)(C)C)c2ccccc2)cc1OC. The normalized spacial score (nSPS) is 12.1. The fourth-order valence-electron chi connectivity index (χ4n) is 5.02. The van der Waals surface area contributed by atoms with Gasteiger partial charge >= 0.3 is 0 Å². The van der Waals surface area contributed by atoms with Crippen LogP contribution >= 0.6 is 0 Å². The van der Waals surface area contributed by atoms with Gasteiger partial charge in [0.25, 0.3) is 10.0 Å². The zero-order valence-electron chi connectivity index (χ0n) is 27.1. The highest BCUT2D eigenvalue weighted by molar-refractivity contribution is 7.92. The lowest BCUT2D eigenvalue weighted by Gasteiger charge is -2.35. The van der Waals surface area contributed by atoms with Crippen LogP contribution in [-0.2, 0) is 32.6 Å². The van der Waals surface area contributed by atoms with Gasteiger partial charge in [-0.1, -0.05) is 60.7 Å². The summed E-state index contributed by atoms with van der Waals surface area (Å²) in [6.07, 6.45) is 0.156. The Morgan fingerprint density at radius 3 is 1.98 bits per heavy atom. The zero-order valence-corrected chi connectivity index (χ0v) is 28.0. The predicted octanol–water partition coefficient (Wildman–Crippen LogP) is 5.59. The highest BCUT2D eigenvalue weighted by Gasteiger charge is 2.36. The fraction of sp³-hybridized carbons (Fsp3) is 0.278. The van der Waals surface area contributed by atoms with E-state index in [1.165, 1.54) is 61.6 Å². The molecule has 4 aromatic rings. The number of hydrogen-bond donors (Lipinski definition) is 1.